The highest BCUT2D eigenvalue weighted by Crippen LogP contribution is 2.27. The Labute approximate surface area is 121 Å². The van der Waals surface area contributed by atoms with Crippen molar-refractivity contribution in [1.82, 2.24) is 14.9 Å². The molecule has 0 spiro atoms. The highest BCUT2D eigenvalue weighted by atomic mass is 15.2. The van der Waals surface area contributed by atoms with Gasteiger partial charge in [0, 0.05) is 6.54 Å². The van der Waals surface area contributed by atoms with Crippen LogP contribution < -0.4 is 0 Å². The van der Waals surface area contributed by atoms with Gasteiger partial charge in [0.05, 0.1) is 17.1 Å². The van der Waals surface area contributed by atoms with Crippen molar-refractivity contribution in [3.8, 4) is 0 Å². The number of imidazole rings is 1. The summed E-state index contributed by atoms with van der Waals surface area (Å²) in [5.74, 6) is 1.92. The van der Waals surface area contributed by atoms with Crippen LogP contribution in [-0.4, -0.2) is 28.0 Å². The van der Waals surface area contributed by atoms with E-state index in [-0.39, 0.29) is 0 Å². The molecule has 2 atom stereocenters. The summed E-state index contributed by atoms with van der Waals surface area (Å²) in [6.07, 6.45) is 2.67. The number of likely N-dealkylation sites (tertiary alicyclic amines) is 1. The molecular formula is C17H25N3. The van der Waals surface area contributed by atoms with Gasteiger partial charge >= 0.3 is 0 Å². The van der Waals surface area contributed by atoms with Crippen LogP contribution in [0.5, 0.6) is 0 Å². The highest BCUT2D eigenvalue weighted by Gasteiger charge is 2.23. The number of nitrogens with zero attached hydrogens (tertiary/aromatic N) is 2. The van der Waals surface area contributed by atoms with Crippen LogP contribution in [0.15, 0.2) is 12.1 Å². The third kappa shape index (κ3) is 2.47. The number of piperidine rings is 1. The molecular weight excluding hydrogens is 246 g/mol. The smallest absolute Gasteiger partial charge is 0.124 e. The molecule has 1 aromatic heterocycles. The van der Waals surface area contributed by atoms with E-state index < -0.39 is 0 Å². The maximum atomic E-state index is 4.82. The lowest BCUT2D eigenvalue weighted by molar-refractivity contribution is 0.135. The van der Waals surface area contributed by atoms with Crippen molar-refractivity contribution in [2.24, 2.45) is 5.92 Å². The van der Waals surface area contributed by atoms with Gasteiger partial charge in [-0.05, 0) is 69.3 Å². The van der Waals surface area contributed by atoms with Gasteiger partial charge < -0.3 is 4.98 Å². The Morgan fingerprint density at radius 2 is 2.05 bits per heavy atom. The average Bonchev–Trinajstić information content (AvgIpc) is 2.81. The summed E-state index contributed by atoms with van der Waals surface area (Å²) < 4.78 is 0. The lowest BCUT2D eigenvalue weighted by Crippen LogP contribution is -2.36. The second-order valence-corrected chi connectivity index (χ2v) is 6.49. The minimum absolute atomic E-state index is 0.380. The molecule has 2 aromatic rings. The fourth-order valence-electron chi connectivity index (χ4n) is 3.24. The van der Waals surface area contributed by atoms with Crippen LogP contribution in [0.4, 0.5) is 0 Å². The summed E-state index contributed by atoms with van der Waals surface area (Å²) in [4.78, 5) is 10.9. The largest absolute Gasteiger partial charge is 0.341 e. The third-order valence-electron chi connectivity index (χ3n) is 4.75. The van der Waals surface area contributed by atoms with Crippen LogP contribution in [0.1, 0.15) is 49.7 Å². The molecule has 3 rings (SSSR count). The van der Waals surface area contributed by atoms with Crippen molar-refractivity contribution in [3.05, 3.63) is 29.1 Å². The Morgan fingerprint density at radius 3 is 2.80 bits per heavy atom. The maximum absolute atomic E-state index is 4.82. The zero-order valence-corrected chi connectivity index (χ0v) is 13.0. The standard InChI is InChI=1S/C17H25N3/c1-11-6-5-7-20(10-11)14(4)17-18-15-8-12(2)13(3)9-16(15)19-17/h8-9,11,14H,5-7,10H2,1-4H3,(H,18,19). The number of hydrogen-bond donors (Lipinski definition) is 1. The SMILES string of the molecule is Cc1cc2nc(C(C)N3CCCC(C)C3)[nH]c2cc1C. The number of aromatic amines is 1. The molecule has 1 aromatic carbocycles. The molecule has 2 heterocycles. The van der Waals surface area contributed by atoms with Gasteiger partial charge in [-0.2, -0.15) is 0 Å². The van der Waals surface area contributed by atoms with E-state index in [1.54, 1.807) is 0 Å². The van der Waals surface area contributed by atoms with Gasteiger partial charge in [-0.1, -0.05) is 6.92 Å². The van der Waals surface area contributed by atoms with Crippen LogP contribution in [0.2, 0.25) is 0 Å². The fourth-order valence-corrected chi connectivity index (χ4v) is 3.24. The summed E-state index contributed by atoms with van der Waals surface area (Å²) in [6.45, 7) is 11.3. The molecule has 1 N–H and O–H groups in total. The molecule has 0 saturated carbocycles. The third-order valence-corrected chi connectivity index (χ3v) is 4.75. The molecule has 3 heteroatoms. The lowest BCUT2D eigenvalue weighted by atomic mass is 9.99. The van der Waals surface area contributed by atoms with Gasteiger partial charge in [0.1, 0.15) is 5.82 Å². The maximum Gasteiger partial charge on any atom is 0.124 e. The van der Waals surface area contributed by atoms with Crippen molar-refractivity contribution in [1.29, 1.82) is 0 Å². The molecule has 1 aliphatic rings. The Kier molecular flexibility index (Phi) is 3.55. The minimum Gasteiger partial charge on any atom is -0.341 e. The van der Waals surface area contributed by atoms with Gasteiger partial charge in [-0.25, -0.2) is 4.98 Å². The topological polar surface area (TPSA) is 31.9 Å². The Morgan fingerprint density at radius 1 is 1.30 bits per heavy atom. The Bertz CT molecular complexity index is 575. The van der Waals surface area contributed by atoms with Crippen molar-refractivity contribution in [3.63, 3.8) is 0 Å². The molecule has 1 saturated heterocycles. The van der Waals surface area contributed by atoms with Gasteiger partial charge in [0.2, 0.25) is 0 Å². The lowest BCUT2D eigenvalue weighted by Gasteiger charge is -2.34. The quantitative estimate of drug-likeness (QED) is 0.896. The molecule has 108 valence electrons. The first kappa shape index (κ1) is 13.6. The second-order valence-electron chi connectivity index (χ2n) is 6.49. The zero-order valence-electron chi connectivity index (χ0n) is 13.0. The Hall–Kier alpha value is -1.35. The number of aromatic nitrogens is 2. The average molecular weight is 271 g/mol. The molecule has 0 bridgehead atoms. The van der Waals surface area contributed by atoms with Crippen LogP contribution in [0, 0.1) is 19.8 Å². The van der Waals surface area contributed by atoms with E-state index in [1.165, 1.54) is 42.6 Å². The first-order valence-electron chi connectivity index (χ1n) is 7.75. The summed E-state index contributed by atoms with van der Waals surface area (Å²) in [5.41, 5.74) is 4.90. The van der Waals surface area contributed by atoms with Crippen LogP contribution in [0.25, 0.3) is 11.0 Å². The molecule has 0 aliphatic carbocycles. The number of benzene rings is 1. The predicted molar refractivity (Wildman–Crippen MR) is 84.0 cm³/mol. The number of nitrogens with one attached hydrogen (secondary N) is 1. The van der Waals surface area contributed by atoms with E-state index in [9.17, 15) is 0 Å². The van der Waals surface area contributed by atoms with Gasteiger partial charge in [-0.15, -0.1) is 0 Å². The predicted octanol–water partition coefficient (Wildman–Crippen LogP) is 3.97. The number of H-pyrrole nitrogens is 1. The van der Waals surface area contributed by atoms with E-state index in [0.717, 1.165) is 17.3 Å². The van der Waals surface area contributed by atoms with E-state index in [0.29, 0.717) is 6.04 Å². The van der Waals surface area contributed by atoms with Crippen molar-refractivity contribution >= 4 is 11.0 Å². The first-order chi connectivity index (χ1) is 9.54. The van der Waals surface area contributed by atoms with E-state index in [4.69, 9.17) is 4.98 Å². The van der Waals surface area contributed by atoms with Crippen molar-refractivity contribution in [2.75, 3.05) is 13.1 Å². The second kappa shape index (κ2) is 5.21. The molecule has 1 aliphatic heterocycles. The van der Waals surface area contributed by atoms with Crippen LogP contribution in [0.3, 0.4) is 0 Å². The van der Waals surface area contributed by atoms with Gasteiger partial charge in [-0.3, -0.25) is 4.90 Å². The molecule has 0 radical (unpaired) electrons. The van der Waals surface area contributed by atoms with Crippen LogP contribution >= 0.6 is 0 Å². The first-order valence-corrected chi connectivity index (χ1v) is 7.75. The van der Waals surface area contributed by atoms with Crippen LogP contribution in [-0.2, 0) is 0 Å². The van der Waals surface area contributed by atoms with E-state index >= 15 is 0 Å². The van der Waals surface area contributed by atoms with E-state index in [1.807, 2.05) is 0 Å². The summed E-state index contributed by atoms with van der Waals surface area (Å²) in [7, 11) is 0. The number of hydrogen-bond acceptors (Lipinski definition) is 2. The van der Waals surface area contributed by atoms with Gasteiger partial charge in [0.25, 0.3) is 0 Å². The number of rotatable bonds is 2. The summed E-state index contributed by atoms with van der Waals surface area (Å²) in [6, 6.07) is 4.79. The summed E-state index contributed by atoms with van der Waals surface area (Å²) >= 11 is 0. The summed E-state index contributed by atoms with van der Waals surface area (Å²) in [5, 5.41) is 0. The van der Waals surface area contributed by atoms with Gasteiger partial charge in [0.15, 0.2) is 0 Å². The molecule has 2 unspecified atom stereocenters. The normalized spacial score (nSPS) is 22.3. The molecule has 20 heavy (non-hydrogen) atoms. The van der Waals surface area contributed by atoms with E-state index in [2.05, 4.69) is 49.7 Å². The fraction of sp³-hybridized carbons (Fsp3) is 0.588. The number of fused-ring (bicyclic) bond motifs is 1. The Balaban J connectivity index is 1.89. The van der Waals surface area contributed by atoms with Crippen molar-refractivity contribution < 1.29 is 0 Å². The molecule has 3 nitrogen and oxygen atoms in total. The monoisotopic (exact) mass is 271 g/mol. The highest BCUT2D eigenvalue weighted by molar-refractivity contribution is 5.77. The number of aryl methyl sites for hydroxylation is 2. The molecule has 0 amide bonds. The molecule has 1 fully saturated rings. The minimum atomic E-state index is 0.380. The van der Waals surface area contributed by atoms with Crippen molar-refractivity contribution in [2.45, 2.75) is 46.6 Å². The zero-order chi connectivity index (χ0) is 14.3.